The van der Waals surface area contributed by atoms with Crippen LogP contribution in [-0.4, -0.2) is 23.2 Å². The van der Waals surface area contributed by atoms with Gasteiger partial charge in [0.15, 0.2) is 11.6 Å². The molecule has 19 heavy (non-hydrogen) atoms. The van der Waals surface area contributed by atoms with Crippen molar-refractivity contribution < 1.29 is 19.0 Å². The fourth-order valence-electron chi connectivity index (χ4n) is 1.64. The second kappa shape index (κ2) is 4.93. The molecule has 0 atom stereocenters. The number of carbonyl (C=O) groups is 1. The molecule has 0 aliphatic heterocycles. The van der Waals surface area contributed by atoms with Crippen molar-refractivity contribution in [2.75, 3.05) is 7.11 Å². The van der Waals surface area contributed by atoms with Crippen LogP contribution < -0.4 is 10.3 Å². The van der Waals surface area contributed by atoms with Crippen LogP contribution in [0.3, 0.4) is 0 Å². The van der Waals surface area contributed by atoms with E-state index in [0.29, 0.717) is 11.3 Å². The zero-order valence-electron chi connectivity index (χ0n) is 9.94. The highest BCUT2D eigenvalue weighted by atomic mass is 19.1. The maximum atomic E-state index is 13.5. The predicted molar refractivity (Wildman–Crippen MR) is 66.0 cm³/mol. The van der Waals surface area contributed by atoms with Crippen LogP contribution in [0, 0.1) is 5.82 Å². The van der Waals surface area contributed by atoms with E-state index in [4.69, 9.17) is 9.84 Å². The number of aromatic nitrogens is 1. The number of nitrogens with one attached hydrogen (secondary N) is 1. The number of hydrogen-bond donors (Lipinski definition) is 2. The second-order valence-corrected chi connectivity index (χ2v) is 3.77. The van der Waals surface area contributed by atoms with Crippen molar-refractivity contribution in [2.24, 2.45) is 0 Å². The molecular weight excluding hydrogens is 253 g/mol. The average molecular weight is 263 g/mol. The summed E-state index contributed by atoms with van der Waals surface area (Å²) >= 11 is 0. The van der Waals surface area contributed by atoms with Gasteiger partial charge in [0.05, 0.1) is 7.11 Å². The van der Waals surface area contributed by atoms with Crippen molar-refractivity contribution in [2.45, 2.75) is 0 Å². The van der Waals surface area contributed by atoms with Crippen LogP contribution >= 0.6 is 0 Å². The van der Waals surface area contributed by atoms with Crippen LogP contribution in [0.15, 0.2) is 35.1 Å². The van der Waals surface area contributed by atoms with Gasteiger partial charge in [-0.15, -0.1) is 0 Å². The number of pyridine rings is 1. The van der Waals surface area contributed by atoms with Gasteiger partial charge in [-0.1, -0.05) is 0 Å². The summed E-state index contributed by atoms with van der Waals surface area (Å²) in [5.74, 6) is -1.79. The van der Waals surface area contributed by atoms with Crippen molar-refractivity contribution in [3.63, 3.8) is 0 Å². The third-order valence-corrected chi connectivity index (χ3v) is 2.60. The molecule has 98 valence electrons. The van der Waals surface area contributed by atoms with E-state index >= 15 is 0 Å². The number of benzene rings is 1. The average Bonchev–Trinajstić information content (AvgIpc) is 2.38. The zero-order valence-corrected chi connectivity index (χ0v) is 9.94. The molecule has 0 aliphatic carbocycles. The molecule has 0 saturated carbocycles. The Kier molecular flexibility index (Phi) is 3.33. The van der Waals surface area contributed by atoms with Gasteiger partial charge in [0.1, 0.15) is 5.56 Å². The van der Waals surface area contributed by atoms with Gasteiger partial charge in [-0.05, 0) is 30.3 Å². The number of hydrogen-bond acceptors (Lipinski definition) is 3. The molecule has 2 rings (SSSR count). The Hall–Kier alpha value is -2.63. The van der Waals surface area contributed by atoms with E-state index in [2.05, 4.69) is 4.98 Å². The van der Waals surface area contributed by atoms with Crippen LogP contribution in [0.25, 0.3) is 11.3 Å². The lowest BCUT2D eigenvalue weighted by atomic mass is 10.1. The molecule has 0 saturated heterocycles. The standard InChI is InChI=1S/C13H10FNO4/c1-19-11-5-2-7(6-9(11)14)10-4-3-8(13(17)18)12(16)15-10/h2-6H,1H3,(H,15,16)(H,17,18). The quantitative estimate of drug-likeness (QED) is 0.886. The monoisotopic (exact) mass is 263 g/mol. The van der Waals surface area contributed by atoms with E-state index in [9.17, 15) is 14.0 Å². The number of rotatable bonds is 3. The van der Waals surface area contributed by atoms with Crippen LogP contribution in [0.2, 0.25) is 0 Å². The lowest BCUT2D eigenvalue weighted by Crippen LogP contribution is -2.17. The summed E-state index contributed by atoms with van der Waals surface area (Å²) in [5.41, 5.74) is -0.345. The molecule has 2 aromatic rings. The summed E-state index contributed by atoms with van der Waals surface area (Å²) in [5, 5.41) is 8.74. The number of aromatic amines is 1. The van der Waals surface area contributed by atoms with Gasteiger partial charge in [-0.25, -0.2) is 9.18 Å². The first kappa shape index (κ1) is 12.8. The fraction of sp³-hybridized carbons (Fsp3) is 0.0769. The van der Waals surface area contributed by atoms with Crippen LogP contribution in [0.5, 0.6) is 5.75 Å². The number of carboxylic acids is 1. The van der Waals surface area contributed by atoms with E-state index in [1.807, 2.05) is 0 Å². The molecule has 0 aliphatic rings. The van der Waals surface area contributed by atoms with Crippen LogP contribution in [-0.2, 0) is 0 Å². The molecule has 2 N–H and O–H groups in total. The lowest BCUT2D eigenvalue weighted by molar-refractivity contribution is 0.0695. The second-order valence-electron chi connectivity index (χ2n) is 3.77. The Morgan fingerprint density at radius 1 is 1.32 bits per heavy atom. The summed E-state index contributed by atoms with van der Waals surface area (Å²) in [6, 6.07) is 6.77. The zero-order chi connectivity index (χ0) is 14.0. The summed E-state index contributed by atoms with van der Waals surface area (Å²) in [4.78, 5) is 24.6. The summed E-state index contributed by atoms with van der Waals surface area (Å²) in [6.07, 6.45) is 0. The normalized spacial score (nSPS) is 10.2. The maximum Gasteiger partial charge on any atom is 0.341 e. The molecule has 1 heterocycles. The summed E-state index contributed by atoms with van der Waals surface area (Å²) in [7, 11) is 1.35. The topological polar surface area (TPSA) is 79.4 Å². The molecule has 6 heteroatoms. The smallest absolute Gasteiger partial charge is 0.341 e. The van der Waals surface area contributed by atoms with Crippen molar-refractivity contribution in [1.29, 1.82) is 0 Å². The number of ether oxygens (including phenoxy) is 1. The first-order valence-electron chi connectivity index (χ1n) is 5.33. The molecule has 1 aromatic carbocycles. The number of carboxylic acid groups (broad SMARTS) is 1. The number of aromatic carboxylic acids is 1. The summed E-state index contributed by atoms with van der Waals surface area (Å²) in [6.45, 7) is 0. The van der Waals surface area contributed by atoms with Gasteiger partial charge in [0.25, 0.3) is 5.56 Å². The molecule has 0 radical (unpaired) electrons. The molecule has 0 bridgehead atoms. The predicted octanol–water partition coefficient (Wildman–Crippen LogP) is 1.89. The lowest BCUT2D eigenvalue weighted by Gasteiger charge is -2.05. The van der Waals surface area contributed by atoms with E-state index in [1.54, 1.807) is 6.07 Å². The van der Waals surface area contributed by atoms with Gasteiger partial charge < -0.3 is 14.8 Å². The van der Waals surface area contributed by atoms with Crippen molar-refractivity contribution in [1.82, 2.24) is 4.98 Å². The van der Waals surface area contributed by atoms with Gasteiger partial charge >= 0.3 is 5.97 Å². The van der Waals surface area contributed by atoms with Crippen molar-refractivity contribution in [3.8, 4) is 17.0 Å². The third-order valence-electron chi connectivity index (χ3n) is 2.60. The highest BCUT2D eigenvalue weighted by Gasteiger charge is 2.10. The molecule has 0 fully saturated rings. The minimum absolute atomic E-state index is 0.0910. The molecule has 0 amide bonds. The largest absolute Gasteiger partial charge is 0.494 e. The SMILES string of the molecule is COc1ccc(-c2ccc(C(=O)O)c(=O)[nH]2)cc1F. The molecule has 0 spiro atoms. The van der Waals surface area contributed by atoms with Gasteiger partial charge in [0.2, 0.25) is 0 Å². The Labute approximate surface area is 107 Å². The van der Waals surface area contributed by atoms with Crippen LogP contribution in [0.4, 0.5) is 4.39 Å². The fourth-order valence-corrected chi connectivity index (χ4v) is 1.64. The molecular formula is C13H10FNO4. The van der Waals surface area contributed by atoms with Gasteiger partial charge in [0, 0.05) is 11.3 Å². The van der Waals surface area contributed by atoms with Gasteiger partial charge in [-0.2, -0.15) is 0 Å². The highest BCUT2D eigenvalue weighted by molar-refractivity contribution is 5.87. The Morgan fingerprint density at radius 2 is 2.05 bits per heavy atom. The number of methoxy groups -OCH3 is 1. The van der Waals surface area contributed by atoms with E-state index in [-0.39, 0.29) is 11.3 Å². The van der Waals surface area contributed by atoms with Gasteiger partial charge in [-0.3, -0.25) is 4.79 Å². The first-order valence-corrected chi connectivity index (χ1v) is 5.33. The Balaban J connectivity index is 2.48. The van der Waals surface area contributed by atoms with Crippen molar-refractivity contribution >= 4 is 5.97 Å². The maximum absolute atomic E-state index is 13.5. The minimum Gasteiger partial charge on any atom is -0.494 e. The van der Waals surface area contributed by atoms with E-state index < -0.39 is 17.3 Å². The van der Waals surface area contributed by atoms with Crippen molar-refractivity contribution in [3.05, 3.63) is 52.1 Å². The Bertz CT molecular complexity index is 693. The minimum atomic E-state index is -1.31. The first-order chi connectivity index (χ1) is 9.02. The van der Waals surface area contributed by atoms with Crippen LogP contribution in [0.1, 0.15) is 10.4 Å². The highest BCUT2D eigenvalue weighted by Crippen LogP contribution is 2.23. The molecule has 5 nitrogen and oxygen atoms in total. The van der Waals surface area contributed by atoms with E-state index in [1.165, 1.54) is 31.4 Å². The third kappa shape index (κ3) is 2.47. The number of halogens is 1. The van der Waals surface area contributed by atoms with E-state index in [0.717, 1.165) is 0 Å². The number of H-pyrrole nitrogens is 1. The molecule has 0 unspecified atom stereocenters. The Morgan fingerprint density at radius 3 is 2.58 bits per heavy atom. The molecule has 1 aromatic heterocycles. The summed E-state index contributed by atoms with van der Waals surface area (Å²) < 4.78 is 18.3.